The number of aliphatic hydroxyl groups is 1. The maximum atomic E-state index is 9.09. The van der Waals surface area contributed by atoms with Crippen LogP contribution in [0.2, 0.25) is 0 Å². The van der Waals surface area contributed by atoms with Gasteiger partial charge in [0.15, 0.2) is 0 Å². The van der Waals surface area contributed by atoms with E-state index in [1.165, 1.54) is 0 Å². The van der Waals surface area contributed by atoms with E-state index in [0.29, 0.717) is 6.42 Å². The van der Waals surface area contributed by atoms with E-state index in [1.54, 1.807) is 7.11 Å². The molecule has 1 aromatic rings. The Labute approximate surface area is 110 Å². The van der Waals surface area contributed by atoms with Gasteiger partial charge in [-0.05, 0) is 42.0 Å². The first-order chi connectivity index (χ1) is 8.22. The Morgan fingerprint density at radius 3 is 2.28 bits per heavy atom. The maximum Gasteiger partial charge on any atom is 0.122 e. The molecule has 3 N–H and O–H groups in total. The van der Waals surface area contributed by atoms with Crippen molar-refractivity contribution < 1.29 is 9.84 Å². The van der Waals surface area contributed by atoms with E-state index in [4.69, 9.17) is 15.6 Å². The van der Waals surface area contributed by atoms with Crippen molar-refractivity contribution in [2.45, 2.75) is 45.1 Å². The minimum Gasteiger partial charge on any atom is -0.496 e. The van der Waals surface area contributed by atoms with Gasteiger partial charge in [0.2, 0.25) is 0 Å². The highest BCUT2D eigenvalue weighted by Crippen LogP contribution is 2.34. The second-order valence-electron chi connectivity index (χ2n) is 6.06. The summed E-state index contributed by atoms with van der Waals surface area (Å²) in [6, 6.07) is 6.02. The Hall–Kier alpha value is -1.06. The van der Waals surface area contributed by atoms with Crippen LogP contribution in [0.15, 0.2) is 18.2 Å². The molecule has 3 nitrogen and oxygen atoms in total. The third-order valence-corrected chi connectivity index (χ3v) is 3.30. The summed E-state index contributed by atoms with van der Waals surface area (Å²) in [7, 11) is 1.68. The van der Waals surface area contributed by atoms with Crippen molar-refractivity contribution in [1.82, 2.24) is 0 Å². The predicted octanol–water partition coefficient (Wildman–Crippen LogP) is 2.55. The van der Waals surface area contributed by atoms with Gasteiger partial charge in [-0.25, -0.2) is 0 Å². The van der Waals surface area contributed by atoms with Gasteiger partial charge >= 0.3 is 0 Å². The Kier molecular flexibility index (Phi) is 4.41. The van der Waals surface area contributed by atoms with E-state index in [0.717, 1.165) is 16.9 Å². The van der Waals surface area contributed by atoms with Crippen molar-refractivity contribution in [3.8, 4) is 5.75 Å². The molecule has 0 saturated heterocycles. The quantitative estimate of drug-likeness (QED) is 0.864. The van der Waals surface area contributed by atoms with E-state index < -0.39 is 5.54 Å². The van der Waals surface area contributed by atoms with Crippen molar-refractivity contribution in [2.24, 2.45) is 5.73 Å². The van der Waals surface area contributed by atoms with Crippen molar-refractivity contribution >= 4 is 0 Å². The summed E-state index contributed by atoms with van der Waals surface area (Å²) in [6.45, 7) is 8.47. The Bertz CT molecular complexity index is 405. The molecule has 0 aromatic heterocycles. The predicted molar refractivity (Wildman–Crippen MR) is 74.9 cm³/mol. The third kappa shape index (κ3) is 3.24. The number of hydrogen-bond acceptors (Lipinski definition) is 3. The number of benzene rings is 1. The lowest BCUT2D eigenvalue weighted by atomic mass is 9.81. The van der Waals surface area contributed by atoms with Gasteiger partial charge in [0, 0.05) is 12.1 Å². The zero-order valence-corrected chi connectivity index (χ0v) is 12.1. The Morgan fingerprint density at radius 1 is 1.22 bits per heavy atom. The molecule has 3 heteroatoms. The van der Waals surface area contributed by atoms with Gasteiger partial charge in [-0.1, -0.05) is 26.8 Å². The topological polar surface area (TPSA) is 55.5 Å². The molecule has 0 spiro atoms. The summed E-state index contributed by atoms with van der Waals surface area (Å²) in [4.78, 5) is 0. The SMILES string of the molecule is COc1ccc(C(C)(N)CCO)cc1C(C)(C)C. The fraction of sp³-hybridized carbons (Fsp3) is 0.600. The minimum absolute atomic E-state index is 0.00333. The van der Waals surface area contributed by atoms with E-state index in [9.17, 15) is 0 Å². The summed E-state index contributed by atoms with van der Waals surface area (Å²) >= 11 is 0. The molecule has 0 heterocycles. The number of hydrogen-bond donors (Lipinski definition) is 2. The molecule has 0 bridgehead atoms. The van der Waals surface area contributed by atoms with Gasteiger partial charge in [-0.15, -0.1) is 0 Å². The molecule has 1 atom stereocenters. The van der Waals surface area contributed by atoms with Crippen molar-refractivity contribution in [2.75, 3.05) is 13.7 Å². The Balaban J connectivity index is 3.27. The van der Waals surface area contributed by atoms with E-state index in [2.05, 4.69) is 26.8 Å². The van der Waals surface area contributed by atoms with Gasteiger partial charge in [0.25, 0.3) is 0 Å². The van der Waals surface area contributed by atoms with Crippen LogP contribution in [0.25, 0.3) is 0 Å². The smallest absolute Gasteiger partial charge is 0.122 e. The maximum absolute atomic E-state index is 9.09. The lowest BCUT2D eigenvalue weighted by Crippen LogP contribution is -2.34. The molecule has 1 unspecified atom stereocenters. The molecule has 1 aromatic carbocycles. The Morgan fingerprint density at radius 2 is 1.83 bits per heavy atom. The molecule has 1 rings (SSSR count). The highest BCUT2D eigenvalue weighted by molar-refractivity contribution is 5.43. The molecule has 0 aliphatic carbocycles. The largest absolute Gasteiger partial charge is 0.496 e. The number of nitrogens with two attached hydrogens (primary N) is 1. The normalized spacial score (nSPS) is 15.3. The first-order valence-electron chi connectivity index (χ1n) is 6.31. The monoisotopic (exact) mass is 251 g/mol. The standard InChI is InChI=1S/C15H25NO2/c1-14(2,3)12-10-11(6-7-13(12)18-5)15(4,16)8-9-17/h6-7,10,17H,8-9,16H2,1-5H3. The molecule has 102 valence electrons. The van der Waals surface area contributed by atoms with Crippen LogP contribution in [0.1, 0.15) is 45.2 Å². The lowest BCUT2D eigenvalue weighted by molar-refractivity contribution is 0.247. The van der Waals surface area contributed by atoms with Gasteiger partial charge in [-0.3, -0.25) is 0 Å². The van der Waals surface area contributed by atoms with Crippen LogP contribution in [-0.4, -0.2) is 18.8 Å². The van der Waals surface area contributed by atoms with Crippen LogP contribution in [0, 0.1) is 0 Å². The summed E-state index contributed by atoms with van der Waals surface area (Å²) in [5, 5.41) is 9.09. The molecule has 18 heavy (non-hydrogen) atoms. The van der Waals surface area contributed by atoms with Crippen molar-refractivity contribution in [3.05, 3.63) is 29.3 Å². The zero-order valence-electron chi connectivity index (χ0n) is 12.1. The fourth-order valence-electron chi connectivity index (χ4n) is 2.03. The number of ether oxygens (including phenoxy) is 1. The second-order valence-corrected chi connectivity index (χ2v) is 6.06. The number of rotatable bonds is 4. The van der Waals surface area contributed by atoms with Gasteiger partial charge in [0.05, 0.1) is 7.11 Å². The molecule has 0 radical (unpaired) electrons. The highest BCUT2D eigenvalue weighted by atomic mass is 16.5. The third-order valence-electron chi connectivity index (χ3n) is 3.30. The van der Waals surface area contributed by atoms with Gasteiger partial charge < -0.3 is 15.6 Å². The second kappa shape index (κ2) is 5.29. The fourth-order valence-corrected chi connectivity index (χ4v) is 2.03. The summed E-state index contributed by atoms with van der Waals surface area (Å²) in [5.41, 5.74) is 7.90. The molecule has 0 fully saturated rings. The molecular weight excluding hydrogens is 226 g/mol. The first-order valence-corrected chi connectivity index (χ1v) is 6.31. The molecule has 0 amide bonds. The number of aliphatic hydroxyl groups excluding tert-OH is 1. The summed E-state index contributed by atoms with van der Waals surface area (Å²) in [6.07, 6.45) is 0.545. The first kappa shape index (κ1) is 15.0. The lowest BCUT2D eigenvalue weighted by Gasteiger charge is -2.28. The van der Waals surface area contributed by atoms with Crippen LogP contribution in [-0.2, 0) is 11.0 Å². The van der Waals surface area contributed by atoms with Gasteiger partial charge in [-0.2, -0.15) is 0 Å². The van der Waals surface area contributed by atoms with Gasteiger partial charge in [0.1, 0.15) is 5.75 Å². The van der Waals surface area contributed by atoms with E-state index >= 15 is 0 Å². The summed E-state index contributed by atoms with van der Waals surface area (Å²) < 4.78 is 5.41. The zero-order chi connectivity index (χ0) is 14.0. The average Bonchev–Trinajstić information content (AvgIpc) is 2.27. The van der Waals surface area contributed by atoms with Crippen molar-refractivity contribution in [1.29, 1.82) is 0 Å². The molecule has 0 aliphatic rings. The molecular formula is C15H25NO2. The van der Waals surface area contributed by atoms with Crippen molar-refractivity contribution in [3.63, 3.8) is 0 Å². The van der Waals surface area contributed by atoms with E-state index in [-0.39, 0.29) is 12.0 Å². The van der Waals surface area contributed by atoms with Crippen LogP contribution in [0.3, 0.4) is 0 Å². The van der Waals surface area contributed by atoms with Crippen LogP contribution < -0.4 is 10.5 Å². The molecule has 0 saturated carbocycles. The highest BCUT2D eigenvalue weighted by Gasteiger charge is 2.25. The molecule has 0 aliphatic heterocycles. The summed E-state index contributed by atoms with van der Waals surface area (Å²) in [5.74, 6) is 0.881. The average molecular weight is 251 g/mol. The number of methoxy groups -OCH3 is 1. The minimum atomic E-state index is -0.513. The van der Waals surface area contributed by atoms with Crippen LogP contribution >= 0.6 is 0 Å². The van der Waals surface area contributed by atoms with Crippen LogP contribution in [0.4, 0.5) is 0 Å². The van der Waals surface area contributed by atoms with Crippen LogP contribution in [0.5, 0.6) is 5.75 Å². The van der Waals surface area contributed by atoms with E-state index in [1.807, 2.05) is 19.1 Å².